The minimum Gasteiger partial charge on any atom is -0.489 e. The van der Waals surface area contributed by atoms with Gasteiger partial charge in [0.15, 0.2) is 0 Å². The van der Waals surface area contributed by atoms with Crippen LogP contribution in [0.4, 0.5) is 4.39 Å². The van der Waals surface area contributed by atoms with E-state index in [0.29, 0.717) is 18.1 Å². The molecule has 1 fully saturated rings. The van der Waals surface area contributed by atoms with Crippen LogP contribution in [0.3, 0.4) is 0 Å². The first kappa shape index (κ1) is 19.6. The van der Waals surface area contributed by atoms with Crippen molar-refractivity contribution in [2.75, 3.05) is 19.6 Å². The molecule has 1 saturated heterocycles. The molecule has 0 radical (unpaired) electrons. The van der Waals surface area contributed by atoms with Crippen molar-refractivity contribution in [2.45, 2.75) is 32.4 Å². The summed E-state index contributed by atoms with van der Waals surface area (Å²) in [6, 6.07) is 12.1. The van der Waals surface area contributed by atoms with Crippen molar-refractivity contribution in [3.05, 3.63) is 64.4 Å². The van der Waals surface area contributed by atoms with E-state index in [9.17, 15) is 9.18 Å². The van der Waals surface area contributed by atoms with Gasteiger partial charge in [-0.3, -0.25) is 4.79 Å². The molecule has 27 heavy (non-hydrogen) atoms. The fourth-order valence-corrected chi connectivity index (χ4v) is 3.29. The van der Waals surface area contributed by atoms with E-state index in [1.54, 1.807) is 6.07 Å². The summed E-state index contributed by atoms with van der Waals surface area (Å²) in [5, 5.41) is 3.77. The Hall–Kier alpha value is -2.11. The van der Waals surface area contributed by atoms with Gasteiger partial charge >= 0.3 is 0 Å². The van der Waals surface area contributed by atoms with Gasteiger partial charge in [-0.05, 0) is 49.2 Å². The number of hydrogen-bond acceptors (Lipinski definition) is 3. The van der Waals surface area contributed by atoms with Crippen LogP contribution in [0, 0.1) is 5.82 Å². The van der Waals surface area contributed by atoms with Crippen LogP contribution in [0.15, 0.2) is 42.5 Å². The van der Waals surface area contributed by atoms with E-state index in [4.69, 9.17) is 16.3 Å². The summed E-state index contributed by atoms with van der Waals surface area (Å²) in [6.45, 7) is 3.70. The molecule has 6 heteroatoms. The van der Waals surface area contributed by atoms with Crippen molar-refractivity contribution in [3.63, 3.8) is 0 Å². The number of carbonyl (C=O) groups excluding carboxylic acids is 1. The lowest BCUT2D eigenvalue weighted by Crippen LogP contribution is -2.28. The second-order valence-corrected chi connectivity index (χ2v) is 7.09. The number of nitrogens with zero attached hydrogens (tertiary/aromatic N) is 1. The molecule has 1 aliphatic heterocycles. The molecular formula is C21H24ClFN2O2. The topological polar surface area (TPSA) is 41.6 Å². The lowest BCUT2D eigenvalue weighted by atomic mass is 10.2. The molecule has 0 atom stereocenters. The SMILES string of the molecule is O=C1CCCN1CCCNCc1ccc(OCc2ccc(F)cc2Cl)cc1. The molecule has 0 spiro atoms. The Kier molecular flexibility index (Phi) is 7.07. The maximum Gasteiger partial charge on any atom is 0.222 e. The summed E-state index contributed by atoms with van der Waals surface area (Å²) in [5.74, 6) is 0.673. The van der Waals surface area contributed by atoms with Gasteiger partial charge < -0.3 is 15.0 Å². The zero-order valence-electron chi connectivity index (χ0n) is 15.2. The van der Waals surface area contributed by atoms with Crippen molar-refractivity contribution < 1.29 is 13.9 Å². The number of likely N-dealkylation sites (tertiary alicyclic amines) is 1. The number of amides is 1. The predicted molar refractivity (Wildman–Crippen MR) is 104 cm³/mol. The third-order valence-electron chi connectivity index (χ3n) is 4.61. The summed E-state index contributed by atoms with van der Waals surface area (Å²) in [4.78, 5) is 13.5. The van der Waals surface area contributed by atoms with Crippen molar-refractivity contribution >= 4 is 17.5 Å². The van der Waals surface area contributed by atoms with Gasteiger partial charge in [-0.2, -0.15) is 0 Å². The monoisotopic (exact) mass is 390 g/mol. The number of nitrogens with one attached hydrogen (secondary N) is 1. The maximum atomic E-state index is 13.1. The normalized spacial score (nSPS) is 14.0. The average molecular weight is 391 g/mol. The van der Waals surface area contributed by atoms with E-state index < -0.39 is 0 Å². The smallest absolute Gasteiger partial charge is 0.222 e. The molecule has 0 aliphatic carbocycles. The number of rotatable bonds is 9. The van der Waals surface area contributed by atoms with Gasteiger partial charge in [-0.1, -0.05) is 29.8 Å². The molecule has 4 nitrogen and oxygen atoms in total. The first-order chi connectivity index (χ1) is 13.1. The summed E-state index contributed by atoms with van der Waals surface area (Å²) in [6.07, 6.45) is 2.66. The Morgan fingerprint density at radius 1 is 1.19 bits per heavy atom. The first-order valence-electron chi connectivity index (χ1n) is 9.26. The summed E-state index contributed by atoms with van der Waals surface area (Å²) >= 11 is 6.00. The van der Waals surface area contributed by atoms with Crippen LogP contribution in [-0.2, 0) is 17.9 Å². The Labute approximate surface area is 164 Å². The van der Waals surface area contributed by atoms with Crippen LogP contribution >= 0.6 is 11.6 Å². The molecule has 1 N–H and O–H groups in total. The highest BCUT2D eigenvalue weighted by Gasteiger charge is 2.18. The van der Waals surface area contributed by atoms with Gasteiger partial charge in [0, 0.05) is 31.6 Å². The van der Waals surface area contributed by atoms with Crippen LogP contribution in [0.2, 0.25) is 5.02 Å². The minimum absolute atomic E-state index is 0.285. The molecule has 1 amide bonds. The van der Waals surface area contributed by atoms with Crippen LogP contribution < -0.4 is 10.1 Å². The van der Waals surface area contributed by atoms with E-state index >= 15 is 0 Å². The Bertz CT molecular complexity index is 767. The highest BCUT2D eigenvalue weighted by molar-refractivity contribution is 6.31. The molecule has 144 valence electrons. The molecule has 0 aromatic heterocycles. The van der Waals surface area contributed by atoms with Crippen molar-refractivity contribution in [3.8, 4) is 5.75 Å². The van der Waals surface area contributed by atoms with Crippen molar-refractivity contribution in [2.24, 2.45) is 0 Å². The van der Waals surface area contributed by atoms with E-state index in [-0.39, 0.29) is 11.7 Å². The molecular weight excluding hydrogens is 367 g/mol. The molecule has 2 aromatic carbocycles. The van der Waals surface area contributed by atoms with Crippen molar-refractivity contribution in [1.29, 1.82) is 0 Å². The molecule has 0 saturated carbocycles. The van der Waals surface area contributed by atoms with Gasteiger partial charge in [-0.25, -0.2) is 4.39 Å². The molecule has 0 bridgehead atoms. The highest BCUT2D eigenvalue weighted by atomic mass is 35.5. The summed E-state index contributed by atoms with van der Waals surface area (Å²) in [7, 11) is 0. The van der Waals surface area contributed by atoms with E-state index in [1.807, 2.05) is 29.2 Å². The minimum atomic E-state index is -0.354. The first-order valence-corrected chi connectivity index (χ1v) is 9.64. The number of halogens is 2. The van der Waals surface area contributed by atoms with Crippen molar-refractivity contribution in [1.82, 2.24) is 10.2 Å². The lowest BCUT2D eigenvalue weighted by Gasteiger charge is -2.15. The number of ether oxygens (including phenoxy) is 1. The second kappa shape index (κ2) is 9.72. The lowest BCUT2D eigenvalue weighted by molar-refractivity contribution is -0.127. The third kappa shape index (κ3) is 5.94. The fraction of sp³-hybridized carbons (Fsp3) is 0.381. The molecule has 0 unspecified atom stereocenters. The quantitative estimate of drug-likeness (QED) is 0.654. The van der Waals surface area contributed by atoms with Gasteiger partial charge in [0.05, 0.1) is 5.02 Å². The Morgan fingerprint density at radius 2 is 2.00 bits per heavy atom. The van der Waals surface area contributed by atoms with E-state index in [1.165, 1.54) is 17.7 Å². The predicted octanol–water partition coefficient (Wildman–Crippen LogP) is 4.16. The Morgan fingerprint density at radius 3 is 2.70 bits per heavy atom. The van der Waals surface area contributed by atoms with Gasteiger partial charge in [0.25, 0.3) is 0 Å². The number of hydrogen-bond donors (Lipinski definition) is 1. The van der Waals surface area contributed by atoms with Crippen LogP contribution in [-0.4, -0.2) is 30.4 Å². The summed E-state index contributed by atoms with van der Waals surface area (Å²) < 4.78 is 18.8. The van der Waals surface area contributed by atoms with Crippen LogP contribution in [0.5, 0.6) is 5.75 Å². The molecule has 3 rings (SSSR count). The number of carbonyl (C=O) groups is 1. The van der Waals surface area contributed by atoms with Gasteiger partial charge in [-0.15, -0.1) is 0 Å². The summed E-state index contributed by atoms with van der Waals surface area (Å²) in [5.41, 5.74) is 1.92. The standard InChI is InChI=1S/C21H24ClFN2O2/c22-20-13-18(23)7-6-17(20)15-27-19-8-4-16(5-9-19)14-24-10-2-12-25-11-1-3-21(25)26/h4-9,13,24H,1-3,10-12,14-15H2. The second-order valence-electron chi connectivity index (χ2n) is 6.68. The average Bonchev–Trinajstić information content (AvgIpc) is 3.07. The fourth-order valence-electron chi connectivity index (χ4n) is 3.07. The molecule has 1 aliphatic rings. The Balaban J connectivity index is 1.36. The van der Waals surface area contributed by atoms with Gasteiger partial charge in [0.1, 0.15) is 18.2 Å². The molecule has 2 aromatic rings. The third-order valence-corrected chi connectivity index (χ3v) is 4.97. The highest BCUT2D eigenvalue weighted by Crippen LogP contribution is 2.20. The van der Waals surface area contributed by atoms with Gasteiger partial charge in [0.2, 0.25) is 5.91 Å². The van der Waals surface area contributed by atoms with E-state index in [2.05, 4.69) is 5.32 Å². The number of benzene rings is 2. The molecule has 1 heterocycles. The zero-order valence-corrected chi connectivity index (χ0v) is 16.0. The largest absolute Gasteiger partial charge is 0.489 e. The van der Waals surface area contributed by atoms with Crippen LogP contribution in [0.25, 0.3) is 0 Å². The maximum absolute atomic E-state index is 13.1. The van der Waals surface area contributed by atoms with E-state index in [0.717, 1.165) is 50.3 Å². The zero-order chi connectivity index (χ0) is 19.1. The van der Waals surface area contributed by atoms with Crippen LogP contribution in [0.1, 0.15) is 30.4 Å².